The Labute approximate surface area is 134 Å². The first-order valence-electron chi connectivity index (χ1n) is 5.70. The average molecular weight is 440 g/mol. The van der Waals surface area contributed by atoms with Crippen molar-refractivity contribution in [3.63, 3.8) is 0 Å². The summed E-state index contributed by atoms with van der Waals surface area (Å²) in [6, 6.07) is 5.47. The quantitative estimate of drug-likeness (QED) is 0.690. The zero-order chi connectivity index (χ0) is 14.6. The van der Waals surface area contributed by atoms with Gasteiger partial charge in [-0.2, -0.15) is 0 Å². The summed E-state index contributed by atoms with van der Waals surface area (Å²) < 4.78 is 1.69. The fourth-order valence-corrected chi connectivity index (χ4v) is 2.47. The lowest BCUT2D eigenvalue weighted by atomic mass is 9.98. The molecule has 4 nitrogen and oxygen atoms in total. The van der Waals surface area contributed by atoms with Gasteiger partial charge in [-0.1, -0.05) is 15.9 Å². The van der Waals surface area contributed by atoms with Crippen molar-refractivity contribution in [3.8, 4) is 0 Å². The molecule has 1 aromatic rings. The highest BCUT2D eigenvalue weighted by molar-refractivity contribution is 14.1. The van der Waals surface area contributed by atoms with Gasteiger partial charge < -0.3 is 10.4 Å². The minimum Gasteiger partial charge on any atom is -0.481 e. The SMILES string of the molecule is CC(C)(CCC(=O)O)NC(=O)c1cc(Br)ccc1I. The van der Waals surface area contributed by atoms with Crippen molar-refractivity contribution < 1.29 is 14.7 Å². The van der Waals surface area contributed by atoms with Crippen molar-refractivity contribution in [3.05, 3.63) is 31.8 Å². The summed E-state index contributed by atoms with van der Waals surface area (Å²) >= 11 is 5.43. The monoisotopic (exact) mass is 439 g/mol. The second-order valence-electron chi connectivity index (χ2n) is 4.86. The maximum Gasteiger partial charge on any atom is 0.303 e. The van der Waals surface area contributed by atoms with Crippen LogP contribution in [0.5, 0.6) is 0 Å². The molecule has 19 heavy (non-hydrogen) atoms. The molecule has 1 rings (SSSR count). The van der Waals surface area contributed by atoms with Gasteiger partial charge in [-0.3, -0.25) is 9.59 Å². The number of aliphatic carboxylic acids is 1. The third-order valence-corrected chi connectivity index (χ3v) is 4.02. The number of carboxylic acid groups (broad SMARTS) is 1. The molecule has 1 aromatic carbocycles. The number of rotatable bonds is 5. The fraction of sp³-hybridized carbons (Fsp3) is 0.385. The molecule has 0 aromatic heterocycles. The van der Waals surface area contributed by atoms with Crippen LogP contribution in [0.25, 0.3) is 0 Å². The number of carbonyl (C=O) groups is 2. The summed E-state index contributed by atoms with van der Waals surface area (Å²) in [5, 5.41) is 11.6. The predicted molar refractivity (Wildman–Crippen MR) is 85.3 cm³/mol. The molecule has 6 heteroatoms. The van der Waals surface area contributed by atoms with Crippen LogP contribution in [0, 0.1) is 3.57 Å². The standard InChI is InChI=1S/C13H15BrINO3/c1-13(2,6-5-11(17)18)16-12(19)9-7-8(14)3-4-10(9)15/h3-4,7H,5-6H2,1-2H3,(H,16,19)(H,17,18). The first kappa shape index (κ1) is 16.4. The first-order valence-corrected chi connectivity index (χ1v) is 7.58. The highest BCUT2D eigenvalue weighted by Gasteiger charge is 2.23. The van der Waals surface area contributed by atoms with Gasteiger partial charge in [0.1, 0.15) is 0 Å². The van der Waals surface area contributed by atoms with Crippen molar-refractivity contribution >= 4 is 50.4 Å². The van der Waals surface area contributed by atoms with E-state index in [-0.39, 0.29) is 12.3 Å². The van der Waals surface area contributed by atoms with E-state index in [1.165, 1.54) is 0 Å². The van der Waals surface area contributed by atoms with E-state index in [2.05, 4.69) is 43.8 Å². The van der Waals surface area contributed by atoms with Gasteiger partial charge in [-0.25, -0.2) is 0 Å². The van der Waals surface area contributed by atoms with Crippen LogP contribution in [-0.2, 0) is 4.79 Å². The molecule has 0 saturated carbocycles. The highest BCUT2D eigenvalue weighted by atomic mass is 127. The van der Waals surface area contributed by atoms with Crippen LogP contribution in [0.1, 0.15) is 37.0 Å². The summed E-state index contributed by atoms with van der Waals surface area (Å²) in [7, 11) is 0. The molecule has 2 N–H and O–H groups in total. The zero-order valence-corrected chi connectivity index (χ0v) is 14.4. The molecular formula is C13H15BrINO3. The van der Waals surface area contributed by atoms with Crippen molar-refractivity contribution in [1.29, 1.82) is 0 Å². The molecule has 0 fully saturated rings. The van der Waals surface area contributed by atoms with Crippen LogP contribution in [0.15, 0.2) is 22.7 Å². The van der Waals surface area contributed by atoms with Crippen molar-refractivity contribution in [1.82, 2.24) is 5.32 Å². The number of halogens is 2. The van der Waals surface area contributed by atoms with Gasteiger partial charge >= 0.3 is 5.97 Å². The van der Waals surface area contributed by atoms with Gasteiger partial charge in [0, 0.05) is 20.0 Å². The maximum absolute atomic E-state index is 12.2. The van der Waals surface area contributed by atoms with E-state index in [1.807, 2.05) is 26.0 Å². The Hall–Kier alpha value is -0.630. The Balaban J connectivity index is 2.78. The second-order valence-corrected chi connectivity index (χ2v) is 6.93. The number of hydrogen-bond acceptors (Lipinski definition) is 2. The normalized spacial score (nSPS) is 11.2. The van der Waals surface area contributed by atoms with Gasteiger partial charge in [-0.15, -0.1) is 0 Å². The zero-order valence-electron chi connectivity index (χ0n) is 10.7. The number of carboxylic acids is 1. The molecule has 0 heterocycles. The molecule has 0 unspecified atom stereocenters. The van der Waals surface area contributed by atoms with E-state index in [1.54, 1.807) is 6.07 Å². The van der Waals surface area contributed by atoms with Crippen LogP contribution in [0.4, 0.5) is 0 Å². The number of benzene rings is 1. The van der Waals surface area contributed by atoms with Crippen molar-refractivity contribution in [2.24, 2.45) is 0 Å². The van der Waals surface area contributed by atoms with Crippen molar-refractivity contribution in [2.75, 3.05) is 0 Å². The molecule has 0 atom stereocenters. The Bertz CT molecular complexity index is 503. The minimum absolute atomic E-state index is 0.0306. The van der Waals surface area contributed by atoms with E-state index in [0.29, 0.717) is 12.0 Å². The summed E-state index contributed by atoms with van der Waals surface area (Å²) in [6.07, 6.45) is 0.418. The molecule has 0 bridgehead atoms. The van der Waals surface area contributed by atoms with Gasteiger partial charge in [0.2, 0.25) is 0 Å². The van der Waals surface area contributed by atoms with Crippen LogP contribution in [0.3, 0.4) is 0 Å². The van der Waals surface area contributed by atoms with Gasteiger partial charge in [0.25, 0.3) is 5.91 Å². The van der Waals surface area contributed by atoms with E-state index in [4.69, 9.17) is 5.11 Å². The topological polar surface area (TPSA) is 66.4 Å². The lowest BCUT2D eigenvalue weighted by Gasteiger charge is -2.26. The van der Waals surface area contributed by atoms with Gasteiger partial charge in [0.05, 0.1) is 5.56 Å². The molecule has 1 amide bonds. The van der Waals surface area contributed by atoms with Crippen LogP contribution in [-0.4, -0.2) is 22.5 Å². The largest absolute Gasteiger partial charge is 0.481 e. The third-order valence-electron chi connectivity index (χ3n) is 2.59. The molecule has 0 aliphatic rings. The average Bonchev–Trinajstić information content (AvgIpc) is 2.29. The third kappa shape index (κ3) is 5.48. The molecule has 0 aliphatic carbocycles. The summed E-state index contributed by atoms with van der Waals surface area (Å²) in [6.45, 7) is 3.64. The van der Waals surface area contributed by atoms with Crippen LogP contribution < -0.4 is 5.32 Å². The number of nitrogens with one attached hydrogen (secondary N) is 1. The van der Waals surface area contributed by atoms with E-state index in [0.717, 1.165) is 8.04 Å². The minimum atomic E-state index is -0.862. The van der Waals surface area contributed by atoms with Crippen LogP contribution >= 0.6 is 38.5 Å². The molecule has 0 radical (unpaired) electrons. The Kier molecular flexibility index (Phi) is 5.79. The van der Waals surface area contributed by atoms with Crippen molar-refractivity contribution in [2.45, 2.75) is 32.2 Å². The van der Waals surface area contributed by atoms with E-state index >= 15 is 0 Å². The van der Waals surface area contributed by atoms with Crippen LogP contribution in [0.2, 0.25) is 0 Å². The first-order chi connectivity index (χ1) is 8.71. The van der Waals surface area contributed by atoms with Gasteiger partial charge in [0.15, 0.2) is 0 Å². The number of carbonyl (C=O) groups excluding carboxylic acids is 1. The van der Waals surface area contributed by atoms with Gasteiger partial charge in [-0.05, 0) is 61.1 Å². The highest BCUT2D eigenvalue weighted by Crippen LogP contribution is 2.20. The molecule has 0 spiro atoms. The molecule has 104 valence electrons. The molecular weight excluding hydrogens is 425 g/mol. The Morgan fingerprint density at radius 3 is 2.63 bits per heavy atom. The summed E-state index contributed by atoms with van der Waals surface area (Å²) in [5.74, 6) is -1.06. The fourth-order valence-electron chi connectivity index (χ4n) is 1.53. The predicted octanol–water partition coefficient (Wildman–Crippen LogP) is 3.43. The van der Waals surface area contributed by atoms with E-state index < -0.39 is 11.5 Å². The smallest absolute Gasteiger partial charge is 0.303 e. The second kappa shape index (κ2) is 6.69. The number of amides is 1. The summed E-state index contributed by atoms with van der Waals surface area (Å²) in [4.78, 5) is 22.8. The Morgan fingerprint density at radius 2 is 2.05 bits per heavy atom. The summed E-state index contributed by atoms with van der Waals surface area (Å²) in [5.41, 5.74) is 0.0271. The Morgan fingerprint density at radius 1 is 1.42 bits per heavy atom. The molecule has 0 saturated heterocycles. The lowest BCUT2D eigenvalue weighted by molar-refractivity contribution is -0.137. The molecule has 0 aliphatic heterocycles. The number of hydrogen-bond donors (Lipinski definition) is 2. The maximum atomic E-state index is 12.2. The lowest BCUT2D eigenvalue weighted by Crippen LogP contribution is -2.44. The van der Waals surface area contributed by atoms with E-state index in [9.17, 15) is 9.59 Å².